The number of hydrogen-bond acceptors (Lipinski definition) is 1. The molecule has 0 saturated heterocycles. The van der Waals surface area contributed by atoms with Gasteiger partial charge >= 0.3 is 6.18 Å². The Hall–Kier alpha value is -3.02. The summed E-state index contributed by atoms with van der Waals surface area (Å²) in [5, 5.41) is 0.771. The summed E-state index contributed by atoms with van der Waals surface area (Å²) in [6.45, 7) is 3.63. The molecule has 0 saturated carbocycles. The normalized spacial score (nSPS) is 11.6. The highest BCUT2D eigenvalue weighted by Crippen LogP contribution is 2.31. The number of benzene rings is 2. The van der Waals surface area contributed by atoms with E-state index in [9.17, 15) is 18.0 Å². The quantitative estimate of drug-likeness (QED) is 0.721. The third-order valence-corrected chi connectivity index (χ3v) is 3.79. The summed E-state index contributed by atoms with van der Waals surface area (Å²) in [5.74, 6) is -0.619. The van der Waals surface area contributed by atoms with Crippen molar-refractivity contribution >= 4 is 22.4 Å². The molecular formula is C18H13F3N2O. The minimum absolute atomic E-state index is 0.184. The molecule has 1 heterocycles. The Morgan fingerprint density at radius 1 is 1.08 bits per heavy atom. The first-order valence-electron chi connectivity index (χ1n) is 7.05. The number of nitrogens with zero attached hydrogens (tertiary/aromatic N) is 1. The highest BCUT2D eigenvalue weighted by molar-refractivity contribution is 6.18. The van der Waals surface area contributed by atoms with Gasteiger partial charge in [-0.1, -0.05) is 18.7 Å². The monoisotopic (exact) mass is 330 g/mol. The minimum Gasteiger partial charge on any atom is -0.366 e. The van der Waals surface area contributed by atoms with Crippen LogP contribution >= 0.6 is 0 Å². The molecule has 2 N–H and O–H groups in total. The molecule has 1 amide bonds. The van der Waals surface area contributed by atoms with Gasteiger partial charge in [-0.05, 0) is 42.0 Å². The predicted octanol–water partition coefficient (Wildman–Crippen LogP) is 4.15. The number of halogens is 3. The number of nitrogens with two attached hydrogens (primary N) is 1. The molecule has 0 atom stereocenters. The second kappa shape index (κ2) is 5.56. The summed E-state index contributed by atoms with van der Waals surface area (Å²) in [5.41, 5.74) is 6.39. The van der Waals surface area contributed by atoms with Crippen LogP contribution in [-0.4, -0.2) is 10.5 Å². The third kappa shape index (κ3) is 2.78. The fourth-order valence-corrected chi connectivity index (χ4v) is 2.53. The van der Waals surface area contributed by atoms with E-state index in [1.807, 2.05) is 0 Å². The Labute approximate surface area is 135 Å². The first-order valence-corrected chi connectivity index (χ1v) is 7.05. The number of carbonyl (C=O) groups is 1. The number of amides is 1. The van der Waals surface area contributed by atoms with Gasteiger partial charge < -0.3 is 10.3 Å². The molecule has 0 radical (unpaired) electrons. The molecule has 3 rings (SSSR count). The minimum atomic E-state index is -4.40. The summed E-state index contributed by atoms with van der Waals surface area (Å²) in [6, 6.07) is 12.0. The van der Waals surface area contributed by atoms with Crippen molar-refractivity contribution in [3.05, 3.63) is 72.4 Å². The zero-order chi connectivity index (χ0) is 17.5. The van der Waals surface area contributed by atoms with Gasteiger partial charge in [0.25, 0.3) is 0 Å². The van der Waals surface area contributed by atoms with E-state index in [-0.39, 0.29) is 5.57 Å². The van der Waals surface area contributed by atoms with Crippen LogP contribution in [0.2, 0.25) is 0 Å². The number of carbonyl (C=O) groups excluding carboxylic acids is 1. The topological polar surface area (TPSA) is 48.0 Å². The van der Waals surface area contributed by atoms with Crippen molar-refractivity contribution in [3.8, 4) is 5.69 Å². The predicted molar refractivity (Wildman–Crippen MR) is 86.5 cm³/mol. The maximum absolute atomic E-state index is 12.9. The summed E-state index contributed by atoms with van der Waals surface area (Å²) in [6.07, 6.45) is -2.72. The lowest BCUT2D eigenvalue weighted by Gasteiger charge is -2.11. The van der Waals surface area contributed by atoms with Crippen LogP contribution in [0.25, 0.3) is 22.2 Å². The van der Waals surface area contributed by atoms with E-state index in [0.29, 0.717) is 11.3 Å². The van der Waals surface area contributed by atoms with Crippen LogP contribution in [0.1, 0.15) is 11.1 Å². The number of hydrogen-bond donors (Lipinski definition) is 1. The van der Waals surface area contributed by atoms with Crippen molar-refractivity contribution in [2.45, 2.75) is 6.18 Å². The first kappa shape index (κ1) is 15.9. The molecule has 122 valence electrons. The van der Waals surface area contributed by atoms with Crippen LogP contribution in [0.4, 0.5) is 13.2 Å². The maximum atomic E-state index is 12.9. The molecule has 0 unspecified atom stereocenters. The average Bonchev–Trinajstić information content (AvgIpc) is 2.96. The molecule has 0 bridgehead atoms. The lowest BCUT2D eigenvalue weighted by atomic mass is 10.1. The van der Waals surface area contributed by atoms with Gasteiger partial charge in [0.1, 0.15) is 0 Å². The van der Waals surface area contributed by atoms with Crippen molar-refractivity contribution in [2.24, 2.45) is 5.73 Å². The molecule has 6 heteroatoms. The molecule has 3 nitrogen and oxygen atoms in total. The standard InChI is InChI=1S/C18H13F3N2O/c1-11(17(22)24)12-5-6-16-13(9-12)7-8-23(16)15-4-2-3-14(10-15)18(19,20)21/h2-10H,1H2,(H2,22,24). The van der Waals surface area contributed by atoms with Gasteiger partial charge in [-0.2, -0.15) is 13.2 Å². The lowest BCUT2D eigenvalue weighted by Crippen LogP contribution is -2.11. The number of aromatic nitrogens is 1. The Bertz CT molecular complexity index is 954. The van der Waals surface area contributed by atoms with Crippen LogP contribution in [-0.2, 0) is 11.0 Å². The van der Waals surface area contributed by atoms with Gasteiger partial charge in [0.15, 0.2) is 0 Å². The summed E-state index contributed by atoms with van der Waals surface area (Å²) in [7, 11) is 0. The van der Waals surface area contributed by atoms with E-state index in [0.717, 1.165) is 23.0 Å². The molecule has 1 aromatic heterocycles. The van der Waals surface area contributed by atoms with Gasteiger partial charge in [0, 0.05) is 22.8 Å². The van der Waals surface area contributed by atoms with Crippen molar-refractivity contribution in [2.75, 3.05) is 0 Å². The molecule has 0 aliphatic carbocycles. The molecule has 24 heavy (non-hydrogen) atoms. The molecule has 0 aliphatic heterocycles. The van der Waals surface area contributed by atoms with E-state index >= 15 is 0 Å². The van der Waals surface area contributed by atoms with E-state index in [2.05, 4.69) is 6.58 Å². The Morgan fingerprint density at radius 2 is 1.83 bits per heavy atom. The van der Waals surface area contributed by atoms with E-state index < -0.39 is 17.6 Å². The molecule has 0 fully saturated rings. The smallest absolute Gasteiger partial charge is 0.366 e. The Morgan fingerprint density at radius 3 is 2.50 bits per heavy atom. The number of fused-ring (bicyclic) bond motifs is 1. The largest absolute Gasteiger partial charge is 0.416 e. The Kier molecular flexibility index (Phi) is 3.67. The van der Waals surface area contributed by atoms with Crippen molar-refractivity contribution in [1.82, 2.24) is 4.57 Å². The van der Waals surface area contributed by atoms with Gasteiger partial charge in [-0.25, -0.2) is 0 Å². The van der Waals surface area contributed by atoms with E-state index in [1.54, 1.807) is 41.1 Å². The zero-order valence-corrected chi connectivity index (χ0v) is 12.5. The van der Waals surface area contributed by atoms with Crippen LogP contribution in [0.5, 0.6) is 0 Å². The van der Waals surface area contributed by atoms with Crippen molar-refractivity contribution in [1.29, 1.82) is 0 Å². The number of rotatable bonds is 3. The van der Waals surface area contributed by atoms with Crippen LogP contribution < -0.4 is 5.73 Å². The maximum Gasteiger partial charge on any atom is 0.416 e. The van der Waals surface area contributed by atoms with Crippen LogP contribution in [0.15, 0.2) is 61.3 Å². The summed E-state index contributed by atoms with van der Waals surface area (Å²) < 4.78 is 40.3. The highest BCUT2D eigenvalue weighted by atomic mass is 19.4. The molecule has 2 aromatic carbocycles. The van der Waals surface area contributed by atoms with Gasteiger partial charge in [0.2, 0.25) is 5.91 Å². The molecular weight excluding hydrogens is 317 g/mol. The van der Waals surface area contributed by atoms with Crippen LogP contribution in [0, 0.1) is 0 Å². The summed E-state index contributed by atoms with van der Waals surface area (Å²) in [4.78, 5) is 11.2. The van der Waals surface area contributed by atoms with Gasteiger partial charge in [0.05, 0.1) is 11.1 Å². The third-order valence-electron chi connectivity index (χ3n) is 3.79. The first-order chi connectivity index (χ1) is 11.3. The van der Waals surface area contributed by atoms with E-state index in [1.165, 1.54) is 6.07 Å². The SMILES string of the molecule is C=C(C(N)=O)c1ccc2c(ccn2-c2cccc(C(F)(F)F)c2)c1. The van der Waals surface area contributed by atoms with Crippen LogP contribution in [0.3, 0.4) is 0 Å². The Balaban J connectivity index is 2.09. The molecule has 0 aliphatic rings. The average molecular weight is 330 g/mol. The second-order valence-electron chi connectivity index (χ2n) is 5.35. The fourth-order valence-electron chi connectivity index (χ4n) is 2.53. The van der Waals surface area contributed by atoms with E-state index in [4.69, 9.17) is 5.73 Å². The highest BCUT2D eigenvalue weighted by Gasteiger charge is 2.30. The van der Waals surface area contributed by atoms with Crippen molar-refractivity contribution in [3.63, 3.8) is 0 Å². The van der Waals surface area contributed by atoms with Gasteiger partial charge in [-0.3, -0.25) is 4.79 Å². The lowest BCUT2D eigenvalue weighted by molar-refractivity contribution is -0.137. The van der Waals surface area contributed by atoms with Gasteiger partial charge in [-0.15, -0.1) is 0 Å². The number of primary amides is 1. The summed E-state index contributed by atoms with van der Waals surface area (Å²) >= 11 is 0. The van der Waals surface area contributed by atoms with Crippen molar-refractivity contribution < 1.29 is 18.0 Å². The number of alkyl halides is 3. The molecule has 3 aromatic rings. The molecule has 0 spiro atoms. The fraction of sp³-hybridized carbons (Fsp3) is 0.0556. The second-order valence-corrected chi connectivity index (χ2v) is 5.35. The zero-order valence-electron chi connectivity index (χ0n) is 12.5.